The quantitative estimate of drug-likeness (QED) is 0.246. The molecule has 2 aromatic heterocycles. The maximum Gasteiger partial charge on any atom is 0.227 e. The van der Waals surface area contributed by atoms with Crippen LogP contribution in [0.2, 0.25) is 0 Å². The van der Waals surface area contributed by atoms with Crippen LogP contribution in [-0.4, -0.2) is 9.55 Å². The van der Waals surface area contributed by atoms with Gasteiger partial charge in [-0.3, -0.25) is 0 Å². The fourth-order valence-electron chi connectivity index (χ4n) is 5.33. The molecular formula is C35H28N2O. The third kappa shape index (κ3) is 3.71. The van der Waals surface area contributed by atoms with E-state index in [1.807, 2.05) is 0 Å². The number of para-hydroxylation sites is 2. The zero-order chi connectivity index (χ0) is 25.9. The van der Waals surface area contributed by atoms with Crippen LogP contribution in [0.5, 0.6) is 0 Å². The van der Waals surface area contributed by atoms with Gasteiger partial charge in [-0.25, -0.2) is 4.98 Å². The molecule has 0 aliphatic heterocycles. The molecule has 0 spiro atoms. The summed E-state index contributed by atoms with van der Waals surface area (Å²) in [5, 5.41) is 2.51. The van der Waals surface area contributed by atoms with Gasteiger partial charge in [0.15, 0.2) is 5.58 Å². The van der Waals surface area contributed by atoms with E-state index in [2.05, 4.69) is 141 Å². The van der Waals surface area contributed by atoms with Crippen molar-refractivity contribution in [1.82, 2.24) is 9.55 Å². The standard InChI is InChI=1S/C35H28N2O/c1-35(2,3)26-18-19-30-33(22-26)38-34(36-30)24-15-13-23(14-16-24)25-17-20-32-29(21-25)28-11-7-8-12-31(28)37(32)27-9-5-4-6-10-27/h4-22H,1-3H3. The summed E-state index contributed by atoms with van der Waals surface area (Å²) in [7, 11) is 0. The number of fused-ring (bicyclic) bond motifs is 4. The minimum Gasteiger partial charge on any atom is -0.436 e. The van der Waals surface area contributed by atoms with Crippen LogP contribution in [0.4, 0.5) is 0 Å². The molecule has 2 heterocycles. The number of hydrogen-bond donors (Lipinski definition) is 0. The summed E-state index contributed by atoms with van der Waals surface area (Å²) in [4.78, 5) is 4.75. The second-order valence-corrected chi connectivity index (χ2v) is 10.9. The van der Waals surface area contributed by atoms with Gasteiger partial charge >= 0.3 is 0 Å². The number of nitrogens with zero attached hydrogens (tertiary/aromatic N) is 2. The molecule has 0 aliphatic carbocycles. The van der Waals surface area contributed by atoms with Gasteiger partial charge in [-0.15, -0.1) is 0 Å². The molecular weight excluding hydrogens is 464 g/mol. The first-order valence-electron chi connectivity index (χ1n) is 13.1. The highest BCUT2D eigenvalue weighted by Gasteiger charge is 2.17. The van der Waals surface area contributed by atoms with Crippen LogP contribution >= 0.6 is 0 Å². The highest BCUT2D eigenvalue weighted by Crippen LogP contribution is 2.36. The van der Waals surface area contributed by atoms with Crippen LogP contribution in [-0.2, 0) is 5.41 Å². The monoisotopic (exact) mass is 492 g/mol. The largest absolute Gasteiger partial charge is 0.436 e. The Morgan fingerprint density at radius 3 is 2.08 bits per heavy atom. The Kier molecular flexibility index (Phi) is 5.02. The maximum atomic E-state index is 6.17. The van der Waals surface area contributed by atoms with Gasteiger partial charge in [-0.1, -0.05) is 81.4 Å². The van der Waals surface area contributed by atoms with Crippen LogP contribution in [0.25, 0.3) is 61.2 Å². The lowest BCUT2D eigenvalue weighted by Gasteiger charge is -2.18. The maximum absolute atomic E-state index is 6.17. The SMILES string of the molecule is CC(C)(C)c1ccc2nc(-c3ccc(-c4ccc5c(c4)c4ccccc4n5-c4ccccc4)cc3)oc2c1. The van der Waals surface area contributed by atoms with Gasteiger partial charge in [0.25, 0.3) is 0 Å². The van der Waals surface area contributed by atoms with Crippen molar-refractivity contribution in [2.24, 2.45) is 0 Å². The van der Waals surface area contributed by atoms with Crippen LogP contribution in [0, 0.1) is 0 Å². The molecule has 0 saturated carbocycles. The zero-order valence-corrected chi connectivity index (χ0v) is 21.8. The number of oxazole rings is 1. The minimum atomic E-state index is 0.0668. The first-order valence-corrected chi connectivity index (χ1v) is 13.1. The second-order valence-electron chi connectivity index (χ2n) is 10.9. The third-order valence-corrected chi connectivity index (χ3v) is 7.41. The molecule has 0 unspecified atom stereocenters. The van der Waals surface area contributed by atoms with Gasteiger partial charge < -0.3 is 8.98 Å². The van der Waals surface area contributed by atoms with Crippen LogP contribution < -0.4 is 0 Å². The van der Waals surface area contributed by atoms with E-state index in [9.17, 15) is 0 Å². The molecule has 184 valence electrons. The normalized spacial score (nSPS) is 12.1. The Balaban J connectivity index is 1.28. The van der Waals surface area contributed by atoms with Crippen molar-refractivity contribution in [2.45, 2.75) is 26.2 Å². The summed E-state index contributed by atoms with van der Waals surface area (Å²) in [5.41, 5.74) is 9.95. The van der Waals surface area contributed by atoms with Crippen molar-refractivity contribution >= 4 is 32.9 Å². The molecule has 0 amide bonds. The lowest BCUT2D eigenvalue weighted by atomic mass is 9.87. The molecule has 3 nitrogen and oxygen atoms in total. The lowest BCUT2D eigenvalue weighted by Crippen LogP contribution is -2.10. The molecule has 7 rings (SSSR count). The van der Waals surface area contributed by atoms with Crippen LogP contribution in [0.15, 0.2) is 120 Å². The molecule has 0 fully saturated rings. The summed E-state index contributed by atoms with van der Waals surface area (Å²) in [6.45, 7) is 6.63. The minimum absolute atomic E-state index is 0.0668. The molecule has 38 heavy (non-hydrogen) atoms. The van der Waals surface area contributed by atoms with Gasteiger partial charge in [0.05, 0.1) is 11.0 Å². The molecule has 0 atom stereocenters. The fourth-order valence-corrected chi connectivity index (χ4v) is 5.33. The Morgan fingerprint density at radius 1 is 0.605 bits per heavy atom. The molecule has 7 aromatic rings. The van der Waals surface area contributed by atoms with E-state index >= 15 is 0 Å². The predicted octanol–water partition coefficient (Wildman–Crippen LogP) is 9.56. The molecule has 3 heteroatoms. The summed E-state index contributed by atoms with van der Waals surface area (Å²) >= 11 is 0. The average Bonchev–Trinajstić information content (AvgIpc) is 3.52. The third-order valence-electron chi connectivity index (χ3n) is 7.41. The number of hydrogen-bond acceptors (Lipinski definition) is 2. The average molecular weight is 493 g/mol. The van der Waals surface area contributed by atoms with Crippen molar-refractivity contribution in [3.05, 3.63) is 121 Å². The summed E-state index contributed by atoms with van der Waals surface area (Å²) in [6.07, 6.45) is 0. The van der Waals surface area contributed by atoms with E-state index in [0.717, 1.165) is 16.7 Å². The first-order chi connectivity index (χ1) is 18.5. The Hall–Kier alpha value is -4.63. The Labute approximate surface area is 222 Å². The zero-order valence-electron chi connectivity index (χ0n) is 21.8. The van der Waals surface area contributed by atoms with Crippen molar-refractivity contribution in [1.29, 1.82) is 0 Å². The van der Waals surface area contributed by atoms with E-state index in [-0.39, 0.29) is 5.41 Å². The van der Waals surface area contributed by atoms with Gasteiger partial charge in [0.2, 0.25) is 5.89 Å². The number of aromatic nitrogens is 2. The highest BCUT2D eigenvalue weighted by atomic mass is 16.3. The van der Waals surface area contributed by atoms with E-state index in [4.69, 9.17) is 9.40 Å². The van der Waals surface area contributed by atoms with Crippen molar-refractivity contribution in [3.63, 3.8) is 0 Å². The van der Waals surface area contributed by atoms with Gasteiger partial charge in [-0.2, -0.15) is 0 Å². The number of rotatable bonds is 3. The molecule has 5 aromatic carbocycles. The van der Waals surface area contributed by atoms with E-state index in [0.29, 0.717) is 5.89 Å². The van der Waals surface area contributed by atoms with Crippen LogP contribution in [0.1, 0.15) is 26.3 Å². The Bertz CT molecular complexity index is 1930. The molecule has 0 saturated heterocycles. The van der Waals surface area contributed by atoms with Crippen molar-refractivity contribution < 1.29 is 4.42 Å². The lowest BCUT2D eigenvalue weighted by molar-refractivity contribution is 0.584. The van der Waals surface area contributed by atoms with Gasteiger partial charge in [0, 0.05) is 22.0 Å². The second kappa shape index (κ2) is 8.46. The summed E-state index contributed by atoms with van der Waals surface area (Å²) < 4.78 is 8.52. The molecule has 0 bridgehead atoms. The van der Waals surface area contributed by atoms with Crippen LogP contribution in [0.3, 0.4) is 0 Å². The first kappa shape index (κ1) is 22.6. The number of benzene rings is 5. The summed E-state index contributed by atoms with van der Waals surface area (Å²) in [6, 6.07) is 40.8. The van der Waals surface area contributed by atoms with Gasteiger partial charge in [-0.05, 0) is 76.7 Å². The topological polar surface area (TPSA) is 31.0 Å². The van der Waals surface area contributed by atoms with E-state index < -0.39 is 0 Å². The predicted molar refractivity (Wildman–Crippen MR) is 158 cm³/mol. The molecule has 0 aliphatic rings. The molecule has 0 radical (unpaired) electrons. The molecule has 0 N–H and O–H groups in total. The summed E-state index contributed by atoms with van der Waals surface area (Å²) in [5.74, 6) is 0.652. The van der Waals surface area contributed by atoms with Crippen molar-refractivity contribution in [3.8, 4) is 28.3 Å². The van der Waals surface area contributed by atoms with E-state index in [1.54, 1.807) is 0 Å². The highest BCUT2D eigenvalue weighted by molar-refractivity contribution is 6.10. The van der Waals surface area contributed by atoms with E-state index in [1.165, 1.54) is 44.2 Å². The fraction of sp³-hybridized carbons (Fsp3) is 0.114. The van der Waals surface area contributed by atoms with Gasteiger partial charge in [0.1, 0.15) is 5.52 Å². The van der Waals surface area contributed by atoms with Crippen molar-refractivity contribution in [2.75, 3.05) is 0 Å². The Morgan fingerprint density at radius 2 is 1.29 bits per heavy atom. The smallest absolute Gasteiger partial charge is 0.227 e.